The molecule has 2 aromatic heterocycles. The summed E-state index contributed by atoms with van der Waals surface area (Å²) >= 11 is 3.39. The Bertz CT molecular complexity index is 608. The smallest absolute Gasteiger partial charge is 0.273 e. The van der Waals surface area contributed by atoms with E-state index in [2.05, 4.69) is 50.1 Å². The summed E-state index contributed by atoms with van der Waals surface area (Å²) in [5, 5.41) is 7.15. The first-order valence-electron chi connectivity index (χ1n) is 7.16. The molecule has 1 N–H and O–H groups in total. The number of nitrogens with one attached hydrogen (secondary N) is 1. The maximum Gasteiger partial charge on any atom is 0.273 e. The number of hydrogen-bond donors (Lipinski definition) is 1. The molecule has 2 aromatic rings. The summed E-state index contributed by atoms with van der Waals surface area (Å²) < 4.78 is 2.22. The molecular formula is C14H20BrN5O. The minimum absolute atomic E-state index is 0.174. The van der Waals surface area contributed by atoms with Crippen molar-refractivity contribution >= 4 is 27.5 Å². The van der Waals surface area contributed by atoms with Crippen LogP contribution in [0.4, 0.5) is 0 Å². The zero-order valence-corrected chi connectivity index (χ0v) is 13.9. The van der Waals surface area contributed by atoms with Gasteiger partial charge in [-0.3, -0.25) is 4.79 Å². The molecule has 6 nitrogen and oxygen atoms in total. The molecule has 0 aliphatic rings. The number of amides is 1. The number of carbonyl (C=O) groups is 1. The normalized spacial score (nSPS) is 11.2. The zero-order valence-electron chi connectivity index (χ0n) is 12.3. The van der Waals surface area contributed by atoms with Crippen molar-refractivity contribution in [3.05, 3.63) is 28.6 Å². The quantitative estimate of drug-likeness (QED) is 0.772. The molecular weight excluding hydrogens is 334 g/mol. The highest BCUT2D eigenvalue weighted by Crippen LogP contribution is 2.20. The molecule has 0 aromatic carbocycles. The summed E-state index contributed by atoms with van der Waals surface area (Å²) in [6, 6.07) is 1.78. The number of rotatable bonds is 7. The van der Waals surface area contributed by atoms with Gasteiger partial charge >= 0.3 is 0 Å². The standard InChI is InChI=1S/C14H20BrN5O/c1-3-19(4-2)9-5-8-17-14(21)12-11(15)13-16-7-6-10-20(13)18-12/h6-7,10H,3-5,8-9H2,1-2H3,(H,17,21). The molecule has 7 heteroatoms. The molecule has 114 valence electrons. The lowest BCUT2D eigenvalue weighted by Crippen LogP contribution is -2.30. The van der Waals surface area contributed by atoms with Gasteiger partial charge in [0.1, 0.15) is 0 Å². The minimum Gasteiger partial charge on any atom is -0.351 e. The summed E-state index contributed by atoms with van der Waals surface area (Å²) in [6.45, 7) is 7.98. The van der Waals surface area contributed by atoms with Crippen LogP contribution in [0.2, 0.25) is 0 Å². The first-order chi connectivity index (χ1) is 10.2. The molecule has 1 amide bonds. The average Bonchev–Trinajstić information content (AvgIpc) is 2.85. The Hall–Kier alpha value is -1.47. The van der Waals surface area contributed by atoms with Gasteiger partial charge in [0.2, 0.25) is 0 Å². The fourth-order valence-electron chi connectivity index (χ4n) is 2.13. The van der Waals surface area contributed by atoms with Crippen LogP contribution in [0.25, 0.3) is 5.65 Å². The average molecular weight is 354 g/mol. The lowest BCUT2D eigenvalue weighted by atomic mass is 10.3. The van der Waals surface area contributed by atoms with Crippen LogP contribution in [0, 0.1) is 0 Å². The van der Waals surface area contributed by atoms with Gasteiger partial charge in [-0.25, -0.2) is 9.50 Å². The van der Waals surface area contributed by atoms with E-state index in [0.717, 1.165) is 26.1 Å². The second-order valence-corrected chi connectivity index (χ2v) is 5.48. The van der Waals surface area contributed by atoms with Crippen molar-refractivity contribution in [2.75, 3.05) is 26.2 Å². The molecule has 0 radical (unpaired) electrons. The molecule has 0 saturated carbocycles. The van der Waals surface area contributed by atoms with Crippen LogP contribution in [-0.2, 0) is 0 Å². The number of hydrogen-bond acceptors (Lipinski definition) is 4. The highest BCUT2D eigenvalue weighted by atomic mass is 79.9. The van der Waals surface area contributed by atoms with Crippen LogP contribution in [0.15, 0.2) is 22.9 Å². The molecule has 0 spiro atoms. The number of aromatic nitrogens is 3. The Balaban J connectivity index is 1.92. The van der Waals surface area contributed by atoms with Crippen molar-refractivity contribution in [2.45, 2.75) is 20.3 Å². The molecule has 0 atom stereocenters. The summed E-state index contributed by atoms with van der Waals surface area (Å²) in [5.41, 5.74) is 1.02. The van der Waals surface area contributed by atoms with Gasteiger partial charge in [0, 0.05) is 18.9 Å². The predicted octanol–water partition coefficient (Wildman–Crippen LogP) is 1.95. The van der Waals surface area contributed by atoms with Gasteiger partial charge in [0.25, 0.3) is 5.91 Å². The van der Waals surface area contributed by atoms with Gasteiger partial charge in [-0.2, -0.15) is 5.10 Å². The fourth-order valence-corrected chi connectivity index (χ4v) is 2.68. The molecule has 21 heavy (non-hydrogen) atoms. The van der Waals surface area contributed by atoms with Crippen molar-refractivity contribution in [3.8, 4) is 0 Å². The fraction of sp³-hybridized carbons (Fsp3) is 0.500. The topological polar surface area (TPSA) is 62.5 Å². The van der Waals surface area contributed by atoms with Crippen molar-refractivity contribution in [3.63, 3.8) is 0 Å². The Morgan fingerprint density at radius 1 is 1.43 bits per heavy atom. The third-order valence-corrected chi connectivity index (χ3v) is 4.12. The second kappa shape index (κ2) is 7.51. The maximum atomic E-state index is 12.2. The van der Waals surface area contributed by atoms with Gasteiger partial charge in [0.15, 0.2) is 11.3 Å². The van der Waals surface area contributed by atoms with Crippen LogP contribution < -0.4 is 5.32 Å². The highest BCUT2D eigenvalue weighted by Gasteiger charge is 2.17. The molecule has 0 aliphatic heterocycles. The van der Waals surface area contributed by atoms with Crippen molar-refractivity contribution in [1.82, 2.24) is 24.8 Å². The van der Waals surface area contributed by atoms with Crippen molar-refractivity contribution in [1.29, 1.82) is 0 Å². The van der Waals surface area contributed by atoms with E-state index in [-0.39, 0.29) is 5.91 Å². The number of nitrogens with zero attached hydrogens (tertiary/aromatic N) is 4. The monoisotopic (exact) mass is 353 g/mol. The summed E-state index contributed by atoms with van der Waals surface area (Å²) in [6.07, 6.45) is 4.37. The van der Waals surface area contributed by atoms with E-state index in [1.54, 1.807) is 23.0 Å². The molecule has 0 bridgehead atoms. The molecule has 0 fully saturated rings. The van der Waals surface area contributed by atoms with E-state index in [1.807, 2.05) is 0 Å². The van der Waals surface area contributed by atoms with Gasteiger partial charge in [0.05, 0.1) is 4.47 Å². The zero-order chi connectivity index (χ0) is 15.2. The van der Waals surface area contributed by atoms with E-state index >= 15 is 0 Å². The molecule has 2 heterocycles. The molecule has 2 rings (SSSR count). The van der Waals surface area contributed by atoms with E-state index in [4.69, 9.17) is 0 Å². The maximum absolute atomic E-state index is 12.2. The lowest BCUT2D eigenvalue weighted by molar-refractivity contribution is 0.0946. The summed E-state index contributed by atoms with van der Waals surface area (Å²) in [7, 11) is 0. The third kappa shape index (κ3) is 3.79. The van der Waals surface area contributed by atoms with Crippen molar-refractivity contribution < 1.29 is 4.79 Å². The van der Waals surface area contributed by atoms with Gasteiger partial charge in [-0.1, -0.05) is 13.8 Å². The molecule has 0 unspecified atom stereocenters. The molecule has 0 aliphatic carbocycles. The predicted molar refractivity (Wildman–Crippen MR) is 85.4 cm³/mol. The Labute approximate surface area is 132 Å². The van der Waals surface area contributed by atoms with E-state index in [9.17, 15) is 4.79 Å². The Morgan fingerprint density at radius 2 is 2.19 bits per heavy atom. The van der Waals surface area contributed by atoms with E-state index < -0.39 is 0 Å². The van der Waals surface area contributed by atoms with Crippen LogP contribution in [0.3, 0.4) is 0 Å². The van der Waals surface area contributed by atoms with E-state index in [1.165, 1.54) is 0 Å². The SMILES string of the molecule is CCN(CC)CCCNC(=O)c1nn2cccnc2c1Br. The first-order valence-corrected chi connectivity index (χ1v) is 7.96. The number of halogens is 1. The second-order valence-electron chi connectivity index (χ2n) is 4.69. The summed E-state index contributed by atoms with van der Waals surface area (Å²) in [4.78, 5) is 18.7. The van der Waals surface area contributed by atoms with Crippen LogP contribution in [0.1, 0.15) is 30.8 Å². The van der Waals surface area contributed by atoms with Gasteiger partial charge in [-0.05, 0) is 48.1 Å². The number of fused-ring (bicyclic) bond motifs is 1. The van der Waals surface area contributed by atoms with E-state index in [0.29, 0.717) is 22.4 Å². The highest BCUT2D eigenvalue weighted by molar-refractivity contribution is 9.10. The largest absolute Gasteiger partial charge is 0.351 e. The number of carbonyl (C=O) groups excluding carboxylic acids is 1. The Kier molecular flexibility index (Phi) is 5.69. The van der Waals surface area contributed by atoms with Crippen LogP contribution in [-0.4, -0.2) is 51.6 Å². The lowest BCUT2D eigenvalue weighted by Gasteiger charge is -2.17. The first kappa shape index (κ1) is 15.9. The Morgan fingerprint density at radius 3 is 2.86 bits per heavy atom. The molecule has 0 saturated heterocycles. The minimum atomic E-state index is -0.174. The van der Waals surface area contributed by atoms with Crippen LogP contribution >= 0.6 is 15.9 Å². The van der Waals surface area contributed by atoms with Crippen molar-refractivity contribution in [2.24, 2.45) is 0 Å². The third-order valence-electron chi connectivity index (χ3n) is 3.39. The van der Waals surface area contributed by atoms with Gasteiger partial charge in [-0.15, -0.1) is 0 Å². The summed E-state index contributed by atoms with van der Waals surface area (Å²) in [5.74, 6) is -0.174. The van der Waals surface area contributed by atoms with Crippen LogP contribution in [0.5, 0.6) is 0 Å². The van der Waals surface area contributed by atoms with Gasteiger partial charge < -0.3 is 10.2 Å².